The van der Waals surface area contributed by atoms with Crippen LogP contribution in [0.1, 0.15) is 30.9 Å². The molecule has 0 saturated carbocycles. The summed E-state index contributed by atoms with van der Waals surface area (Å²) in [4.78, 5) is 0. The zero-order chi connectivity index (χ0) is 12.8. The van der Waals surface area contributed by atoms with Crippen LogP contribution in [0.3, 0.4) is 0 Å². The maximum Gasteiger partial charge on any atom is 0.123 e. The molecule has 4 heteroatoms. The van der Waals surface area contributed by atoms with Gasteiger partial charge in [-0.2, -0.15) is 0 Å². The van der Waals surface area contributed by atoms with Crippen LogP contribution in [0.25, 0.3) is 0 Å². The fraction of sp³-hybridized carbons (Fsp3) is 0.571. The monoisotopic (exact) mass is 253 g/mol. The minimum atomic E-state index is -0.603. The number of benzene rings is 1. The van der Waals surface area contributed by atoms with Crippen molar-refractivity contribution in [2.24, 2.45) is 0 Å². The smallest absolute Gasteiger partial charge is 0.123 e. The van der Waals surface area contributed by atoms with Crippen molar-refractivity contribution >= 4 is 0 Å². The molecule has 0 radical (unpaired) electrons. The van der Waals surface area contributed by atoms with E-state index in [9.17, 15) is 9.50 Å². The first-order chi connectivity index (χ1) is 8.75. The lowest BCUT2D eigenvalue weighted by atomic mass is 10.1. The van der Waals surface area contributed by atoms with Gasteiger partial charge in [-0.15, -0.1) is 0 Å². The normalized spacial score (nSPS) is 21.8. The van der Waals surface area contributed by atoms with E-state index in [0.717, 1.165) is 31.6 Å². The molecule has 2 rings (SSSR count). The summed E-state index contributed by atoms with van der Waals surface area (Å²) in [6.07, 6.45) is 3.11. The molecular formula is C14H20FNO2. The molecule has 2 N–H and O–H groups in total. The first-order valence-corrected chi connectivity index (χ1v) is 6.51. The highest BCUT2D eigenvalue weighted by atomic mass is 19.1. The van der Waals surface area contributed by atoms with Crippen molar-refractivity contribution in [1.29, 1.82) is 0 Å². The largest absolute Gasteiger partial charge is 0.387 e. The Balaban J connectivity index is 1.70. The number of aliphatic hydroxyl groups is 1. The molecule has 1 aliphatic heterocycles. The Morgan fingerprint density at radius 2 is 2.11 bits per heavy atom. The van der Waals surface area contributed by atoms with Crippen LogP contribution in [0.2, 0.25) is 0 Å². The second-order valence-electron chi connectivity index (χ2n) is 4.71. The second-order valence-corrected chi connectivity index (χ2v) is 4.71. The minimum absolute atomic E-state index is 0.263. The highest BCUT2D eigenvalue weighted by Crippen LogP contribution is 2.14. The van der Waals surface area contributed by atoms with Crippen molar-refractivity contribution in [1.82, 2.24) is 5.32 Å². The first-order valence-electron chi connectivity index (χ1n) is 6.51. The lowest BCUT2D eigenvalue weighted by molar-refractivity contribution is 0.0152. The third-order valence-electron chi connectivity index (χ3n) is 3.24. The quantitative estimate of drug-likeness (QED) is 0.843. The van der Waals surface area contributed by atoms with E-state index in [1.165, 1.54) is 18.6 Å². The summed E-state index contributed by atoms with van der Waals surface area (Å²) in [6, 6.07) is 5.95. The molecule has 1 fully saturated rings. The molecule has 18 heavy (non-hydrogen) atoms. The molecule has 1 aliphatic rings. The molecule has 0 aromatic heterocycles. The molecule has 0 bridgehead atoms. The van der Waals surface area contributed by atoms with E-state index in [4.69, 9.17) is 4.74 Å². The number of nitrogens with one attached hydrogen (secondary N) is 1. The Labute approximate surface area is 107 Å². The van der Waals surface area contributed by atoms with Gasteiger partial charge in [0.25, 0.3) is 0 Å². The maximum atomic E-state index is 12.7. The molecule has 100 valence electrons. The third kappa shape index (κ3) is 4.05. The summed E-state index contributed by atoms with van der Waals surface area (Å²) in [6.45, 7) is 2.07. The highest BCUT2D eigenvalue weighted by Gasteiger charge is 2.14. The Morgan fingerprint density at radius 3 is 2.78 bits per heavy atom. The molecule has 1 saturated heterocycles. The molecular weight excluding hydrogens is 233 g/mol. The Morgan fingerprint density at radius 1 is 1.33 bits per heavy atom. The van der Waals surface area contributed by atoms with Gasteiger partial charge < -0.3 is 15.2 Å². The van der Waals surface area contributed by atoms with E-state index in [-0.39, 0.29) is 11.9 Å². The molecule has 1 aromatic rings. The van der Waals surface area contributed by atoms with Gasteiger partial charge in [-0.05, 0) is 37.0 Å². The fourth-order valence-electron chi connectivity index (χ4n) is 2.15. The predicted octanol–water partition coefficient (Wildman–Crippen LogP) is 2.02. The van der Waals surface area contributed by atoms with Crippen LogP contribution in [0, 0.1) is 5.82 Å². The van der Waals surface area contributed by atoms with E-state index in [1.807, 2.05) is 0 Å². The second kappa shape index (κ2) is 6.83. The fourth-order valence-corrected chi connectivity index (χ4v) is 2.15. The van der Waals surface area contributed by atoms with Crippen LogP contribution in [0.4, 0.5) is 4.39 Å². The minimum Gasteiger partial charge on any atom is -0.387 e. The summed E-state index contributed by atoms with van der Waals surface area (Å²) in [5.74, 6) is -0.283. The van der Waals surface area contributed by atoms with Crippen LogP contribution in [0.15, 0.2) is 24.3 Å². The zero-order valence-electron chi connectivity index (χ0n) is 10.4. The maximum absolute atomic E-state index is 12.7. The molecule has 1 heterocycles. The van der Waals surface area contributed by atoms with E-state index in [0.29, 0.717) is 6.54 Å². The Kier molecular flexibility index (Phi) is 5.11. The highest BCUT2D eigenvalue weighted by molar-refractivity contribution is 5.18. The van der Waals surface area contributed by atoms with Gasteiger partial charge in [-0.3, -0.25) is 0 Å². The van der Waals surface area contributed by atoms with E-state index >= 15 is 0 Å². The number of halogens is 1. The van der Waals surface area contributed by atoms with Crippen molar-refractivity contribution in [3.05, 3.63) is 35.6 Å². The van der Waals surface area contributed by atoms with Gasteiger partial charge in [0.1, 0.15) is 5.82 Å². The van der Waals surface area contributed by atoms with Gasteiger partial charge in [0.05, 0.1) is 12.2 Å². The van der Waals surface area contributed by atoms with Gasteiger partial charge in [-0.25, -0.2) is 4.39 Å². The topological polar surface area (TPSA) is 41.5 Å². The average Bonchev–Trinajstić information content (AvgIpc) is 2.40. The van der Waals surface area contributed by atoms with Crippen molar-refractivity contribution < 1.29 is 14.2 Å². The number of hydrogen-bond acceptors (Lipinski definition) is 3. The lowest BCUT2D eigenvalue weighted by Crippen LogP contribution is -2.34. The summed E-state index contributed by atoms with van der Waals surface area (Å²) in [5, 5.41) is 13.1. The zero-order valence-corrected chi connectivity index (χ0v) is 10.4. The van der Waals surface area contributed by atoms with Gasteiger partial charge >= 0.3 is 0 Å². The Bertz CT molecular complexity index is 349. The summed E-state index contributed by atoms with van der Waals surface area (Å²) >= 11 is 0. The summed E-state index contributed by atoms with van der Waals surface area (Å²) in [5.41, 5.74) is 0.730. The van der Waals surface area contributed by atoms with Crippen LogP contribution in [-0.2, 0) is 4.74 Å². The number of aliphatic hydroxyl groups excluding tert-OH is 1. The van der Waals surface area contributed by atoms with Crippen molar-refractivity contribution in [3.8, 4) is 0 Å². The molecule has 3 nitrogen and oxygen atoms in total. The summed E-state index contributed by atoms with van der Waals surface area (Å²) < 4.78 is 18.3. The molecule has 1 aromatic carbocycles. The van der Waals surface area contributed by atoms with Crippen LogP contribution in [0.5, 0.6) is 0 Å². The summed E-state index contributed by atoms with van der Waals surface area (Å²) in [7, 11) is 0. The number of ether oxygens (including phenoxy) is 1. The standard InChI is InChI=1S/C14H20FNO2/c15-12-6-4-11(5-7-12)14(17)10-16-9-13-3-1-2-8-18-13/h4-7,13-14,16-17H,1-3,8-10H2. The van der Waals surface area contributed by atoms with Gasteiger partial charge in [0.2, 0.25) is 0 Å². The first kappa shape index (κ1) is 13.5. The van der Waals surface area contributed by atoms with Crippen molar-refractivity contribution in [3.63, 3.8) is 0 Å². The van der Waals surface area contributed by atoms with Crippen molar-refractivity contribution in [2.45, 2.75) is 31.5 Å². The van der Waals surface area contributed by atoms with Gasteiger partial charge in [-0.1, -0.05) is 12.1 Å². The molecule has 2 atom stereocenters. The SMILES string of the molecule is OC(CNCC1CCCCO1)c1ccc(F)cc1. The molecule has 0 amide bonds. The molecule has 2 unspecified atom stereocenters. The van der Waals surface area contributed by atoms with Gasteiger partial charge in [0.15, 0.2) is 0 Å². The number of rotatable bonds is 5. The molecule has 0 aliphatic carbocycles. The van der Waals surface area contributed by atoms with Crippen LogP contribution < -0.4 is 5.32 Å². The lowest BCUT2D eigenvalue weighted by Gasteiger charge is -2.23. The van der Waals surface area contributed by atoms with E-state index in [1.54, 1.807) is 12.1 Å². The molecule has 0 spiro atoms. The van der Waals surface area contributed by atoms with Crippen molar-refractivity contribution in [2.75, 3.05) is 19.7 Å². The predicted molar refractivity (Wildman–Crippen MR) is 67.8 cm³/mol. The average molecular weight is 253 g/mol. The van der Waals surface area contributed by atoms with E-state index in [2.05, 4.69) is 5.32 Å². The Hall–Kier alpha value is -0.970. The van der Waals surface area contributed by atoms with Crippen LogP contribution >= 0.6 is 0 Å². The van der Waals surface area contributed by atoms with Gasteiger partial charge in [0, 0.05) is 19.7 Å². The number of hydrogen-bond donors (Lipinski definition) is 2. The van der Waals surface area contributed by atoms with Crippen LogP contribution in [-0.4, -0.2) is 30.9 Å². The third-order valence-corrected chi connectivity index (χ3v) is 3.24. The van der Waals surface area contributed by atoms with E-state index < -0.39 is 6.10 Å².